The van der Waals surface area contributed by atoms with Crippen LogP contribution in [0.15, 0.2) is 48.9 Å². The molecule has 0 spiro atoms. The number of carbonyl (C=O) groups is 2. The van der Waals surface area contributed by atoms with Gasteiger partial charge in [-0.1, -0.05) is 11.8 Å². The number of hydrogen-bond acceptors (Lipinski definition) is 7. The maximum Gasteiger partial charge on any atom is 0.267 e. The molecule has 2 aliphatic rings. The third-order valence-electron chi connectivity index (χ3n) is 5.81. The fourth-order valence-electron chi connectivity index (χ4n) is 3.75. The van der Waals surface area contributed by atoms with Crippen molar-refractivity contribution in [2.45, 2.75) is 19.3 Å². The van der Waals surface area contributed by atoms with Crippen LogP contribution in [0.5, 0.6) is 17.2 Å². The van der Waals surface area contributed by atoms with Crippen LogP contribution in [0, 0.1) is 17.8 Å². The van der Waals surface area contributed by atoms with E-state index < -0.39 is 5.91 Å². The number of anilines is 1. The molecule has 1 saturated heterocycles. The maximum absolute atomic E-state index is 11.9. The van der Waals surface area contributed by atoms with Crippen molar-refractivity contribution < 1.29 is 23.8 Å². The lowest BCUT2D eigenvalue weighted by Gasteiger charge is -2.17. The number of benzene rings is 1. The fraction of sp³-hybridized carbons (Fsp3) is 0.333. The van der Waals surface area contributed by atoms with Crippen LogP contribution in [0.1, 0.15) is 35.3 Å². The van der Waals surface area contributed by atoms with Crippen molar-refractivity contribution in [2.75, 3.05) is 31.8 Å². The Kier molecular flexibility index (Phi) is 8.38. The number of hydrogen-bond donors (Lipinski definition) is 1. The third-order valence-corrected chi connectivity index (χ3v) is 5.81. The summed E-state index contributed by atoms with van der Waals surface area (Å²) in [7, 11) is 3.57. The molecule has 0 unspecified atom stereocenters. The normalized spacial score (nSPS) is 15.2. The number of nitrogens with two attached hydrogens (primary N) is 1. The highest BCUT2D eigenvalue weighted by Crippen LogP contribution is 2.31. The summed E-state index contributed by atoms with van der Waals surface area (Å²) in [5.74, 6) is 8.26. The van der Waals surface area contributed by atoms with Gasteiger partial charge in [-0.25, -0.2) is 0 Å². The molecule has 192 valence electrons. The molecule has 2 aliphatic heterocycles. The Hall–Kier alpha value is -4.36. The molecule has 4 heterocycles. The van der Waals surface area contributed by atoms with Crippen molar-refractivity contribution in [3.63, 3.8) is 0 Å². The Morgan fingerprint density at radius 2 is 1.95 bits per heavy atom. The topological polar surface area (TPSA) is 122 Å². The molecular formula is C27H29N5O5. The molecule has 37 heavy (non-hydrogen) atoms. The summed E-state index contributed by atoms with van der Waals surface area (Å²) < 4.78 is 18.0. The van der Waals surface area contributed by atoms with E-state index in [1.165, 1.54) is 12.3 Å². The second kappa shape index (κ2) is 12.1. The molecule has 5 rings (SSSR count). The minimum Gasteiger partial charge on any atom is -0.491 e. The van der Waals surface area contributed by atoms with Gasteiger partial charge < -0.3 is 24.8 Å². The van der Waals surface area contributed by atoms with Gasteiger partial charge in [0.1, 0.15) is 17.2 Å². The van der Waals surface area contributed by atoms with Gasteiger partial charge in [-0.3, -0.25) is 19.3 Å². The Morgan fingerprint density at radius 1 is 1.14 bits per heavy atom. The number of aromatic nitrogens is 3. The lowest BCUT2D eigenvalue weighted by atomic mass is 10.0. The second-order valence-corrected chi connectivity index (χ2v) is 8.58. The first-order valence-corrected chi connectivity index (χ1v) is 11.9. The molecule has 0 aliphatic carbocycles. The summed E-state index contributed by atoms with van der Waals surface area (Å²) >= 11 is 0. The summed E-state index contributed by atoms with van der Waals surface area (Å²) in [5, 5.41) is 3.95. The van der Waals surface area contributed by atoms with Crippen molar-refractivity contribution in [3.8, 4) is 29.1 Å². The number of pyridine rings is 1. The molecule has 1 aromatic carbocycles. The van der Waals surface area contributed by atoms with Crippen LogP contribution < -0.4 is 20.1 Å². The first kappa shape index (κ1) is 25.7. The third kappa shape index (κ3) is 7.08. The van der Waals surface area contributed by atoms with Gasteiger partial charge in [-0.05, 0) is 37.1 Å². The van der Waals surface area contributed by atoms with E-state index >= 15 is 0 Å². The van der Waals surface area contributed by atoms with Crippen molar-refractivity contribution in [1.82, 2.24) is 14.8 Å². The maximum atomic E-state index is 11.9. The smallest absolute Gasteiger partial charge is 0.267 e. The number of ether oxygens (including phenoxy) is 3. The van der Waals surface area contributed by atoms with Gasteiger partial charge in [0.25, 0.3) is 5.91 Å². The van der Waals surface area contributed by atoms with E-state index in [1.54, 1.807) is 42.1 Å². The summed E-state index contributed by atoms with van der Waals surface area (Å²) in [6.45, 7) is 2.03. The number of rotatable bonds is 3. The lowest BCUT2D eigenvalue weighted by molar-refractivity contribution is -0.118. The van der Waals surface area contributed by atoms with E-state index in [0.717, 1.165) is 43.1 Å². The van der Waals surface area contributed by atoms with Crippen LogP contribution in [-0.4, -0.2) is 53.4 Å². The van der Waals surface area contributed by atoms with Crippen LogP contribution in [-0.2, 0) is 16.6 Å². The first-order valence-electron chi connectivity index (χ1n) is 11.9. The minimum absolute atomic E-state index is 0.0725. The summed E-state index contributed by atoms with van der Waals surface area (Å²) in [6.07, 6.45) is 7.16. The minimum atomic E-state index is -0.586. The summed E-state index contributed by atoms with van der Waals surface area (Å²) in [5.41, 5.74) is 7.00. The molecule has 2 N–H and O–H groups in total. The van der Waals surface area contributed by atoms with Gasteiger partial charge in [0, 0.05) is 51.1 Å². The van der Waals surface area contributed by atoms with Gasteiger partial charge in [0.15, 0.2) is 5.75 Å². The molecule has 2 aromatic heterocycles. The summed E-state index contributed by atoms with van der Waals surface area (Å²) in [6, 6.07) is 8.91. The van der Waals surface area contributed by atoms with Gasteiger partial charge in [-0.15, -0.1) is 0 Å². The predicted octanol–water partition coefficient (Wildman–Crippen LogP) is 2.92. The van der Waals surface area contributed by atoms with Crippen molar-refractivity contribution in [1.29, 1.82) is 0 Å². The Bertz CT molecular complexity index is 1320. The number of aryl methyl sites for hydroxylation is 1. The number of fused-ring (bicyclic) bond motifs is 1. The van der Waals surface area contributed by atoms with E-state index in [4.69, 9.17) is 19.9 Å². The van der Waals surface area contributed by atoms with Crippen molar-refractivity contribution in [2.24, 2.45) is 18.7 Å². The number of carbonyl (C=O) groups excluding carboxylic acids is 2. The number of nitrogens with zero attached hydrogens (tertiary/aromatic N) is 4. The SMILES string of the molecule is CN1C(=O)CCOc2ccc(C#CC3CCOCC3)cc21.Cn1cc(Oc2ccnc(C(N)=O)c2)cn1. The molecule has 3 aromatic rings. The molecule has 10 heteroatoms. The molecule has 0 bridgehead atoms. The number of amides is 2. The monoisotopic (exact) mass is 503 g/mol. The Balaban J connectivity index is 0.000000180. The average molecular weight is 504 g/mol. The van der Waals surface area contributed by atoms with Gasteiger partial charge >= 0.3 is 0 Å². The lowest BCUT2D eigenvalue weighted by Crippen LogP contribution is -2.25. The highest BCUT2D eigenvalue weighted by atomic mass is 16.5. The first-order chi connectivity index (χ1) is 17.9. The van der Waals surface area contributed by atoms with Crippen LogP contribution in [0.4, 0.5) is 5.69 Å². The molecule has 0 saturated carbocycles. The Labute approximate surface area is 215 Å². The highest BCUT2D eigenvalue weighted by Gasteiger charge is 2.20. The zero-order valence-electron chi connectivity index (χ0n) is 20.8. The van der Waals surface area contributed by atoms with Gasteiger partial charge in [-0.2, -0.15) is 5.10 Å². The molecule has 1 fully saturated rings. The van der Waals surface area contributed by atoms with E-state index in [0.29, 0.717) is 30.4 Å². The average Bonchev–Trinajstić information content (AvgIpc) is 3.26. The van der Waals surface area contributed by atoms with Crippen LogP contribution in [0.3, 0.4) is 0 Å². The van der Waals surface area contributed by atoms with Gasteiger partial charge in [0.05, 0.1) is 31.1 Å². The quantitative estimate of drug-likeness (QED) is 0.546. The zero-order valence-corrected chi connectivity index (χ0v) is 20.8. The summed E-state index contributed by atoms with van der Waals surface area (Å²) in [4.78, 5) is 28.3. The fourth-order valence-corrected chi connectivity index (χ4v) is 3.75. The van der Waals surface area contributed by atoms with Crippen LogP contribution in [0.25, 0.3) is 0 Å². The molecule has 10 nitrogen and oxygen atoms in total. The van der Waals surface area contributed by atoms with Crippen molar-refractivity contribution >= 4 is 17.5 Å². The second-order valence-electron chi connectivity index (χ2n) is 8.58. The molecule has 0 radical (unpaired) electrons. The number of primary amides is 1. The highest BCUT2D eigenvalue weighted by molar-refractivity contribution is 5.95. The van der Waals surface area contributed by atoms with Crippen LogP contribution >= 0.6 is 0 Å². The predicted molar refractivity (Wildman–Crippen MR) is 136 cm³/mol. The van der Waals surface area contributed by atoms with Crippen molar-refractivity contribution in [3.05, 3.63) is 60.2 Å². The Morgan fingerprint density at radius 3 is 2.68 bits per heavy atom. The largest absolute Gasteiger partial charge is 0.491 e. The standard InChI is InChI=1S/C17H19NO3.C10H10N4O2/c1-18-15-12-14(3-2-13-6-9-20-10-7-13)4-5-16(15)21-11-8-17(18)19;1-14-6-8(5-13-14)16-7-2-3-12-9(4-7)10(11)15/h4-5,12-13H,6-11H2,1H3;2-6H,1H3,(H2,11,15). The molecule has 2 amide bonds. The van der Waals surface area contributed by atoms with Crippen LogP contribution in [0.2, 0.25) is 0 Å². The van der Waals surface area contributed by atoms with E-state index in [2.05, 4.69) is 21.9 Å². The van der Waals surface area contributed by atoms with E-state index in [1.807, 2.05) is 18.2 Å². The zero-order chi connectivity index (χ0) is 26.2. The van der Waals surface area contributed by atoms with Gasteiger partial charge in [0.2, 0.25) is 5.91 Å². The van der Waals surface area contributed by atoms with E-state index in [9.17, 15) is 9.59 Å². The van der Waals surface area contributed by atoms with E-state index in [-0.39, 0.29) is 11.6 Å². The molecule has 0 atom stereocenters. The molecular weight excluding hydrogens is 474 g/mol.